The molecule has 12 heteroatoms. The summed E-state index contributed by atoms with van der Waals surface area (Å²) >= 11 is 6.04. The molecule has 196 valence electrons. The predicted octanol–water partition coefficient (Wildman–Crippen LogP) is 4.40. The molecule has 1 atom stereocenters. The summed E-state index contributed by atoms with van der Waals surface area (Å²) in [7, 11) is 1.44. The minimum absolute atomic E-state index is 0.206. The minimum atomic E-state index is -4.46. The Morgan fingerprint density at radius 3 is 2.42 bits per heavy atom. The second-order valence-electron chi connectivity index (χ2n) is 8.65. The van der Waals surface area contributed by atoms with Crippen molar-refractivity contribution in [2.24, 2.45) is 5.92 Å². The Bertz CT molecular complexity index is 1070. The molecule has 0 aromatic heterocycles. The first-order chi connectivity index (χ1) is 17.0. The van der Waals surface area contributed by atoms with Crippen LogP contribution in [0.3, 0.4) is 0 Å². The second kappa shape index (κ2) is 11.7. The number of nitrogens with one attached hydrogen (secondary N) is 2. The summed E-state index contributed by atoms with van der Waals surface area (Å²) in [6.07, 6.45) is -4.20. The highest BCUT2D eigenvalue weighted by Crippen LogP contribution is 2.31. The normalized spacial score (nSPS) is 15.8. The molecule has 0 spiro atoms. The van der Waals surface area contributed by atoms with Gasteiger partial charge < -0.3 is 31.1 Å². The van der Waals surface area contributed by atoms with Crippen molar-refractivity contribution in [1.29, 1.82) is 0 Å². The van der Waals surface area contributed by atoms with Crippen molar-refractivity contribution >= 4 is 29.3 Å². The van der Waals surface area contributed by atoms with Crippen molar-refractivity contribution in [2.75, 3.05) is 39.0 Å². The van der Waals surface area contributed by atoms with Gasteiger partial charge in [-0.3, -0.25) is 4.79 Å². The van der Waals surface area contributed by atoms with E-state index in [2.05, 4.69) is 15.5 Å². The number of likely N-dealkylation sites (tertiary alicyclic amines) is 1. The van der Waals surface area contributed by atoms with E-state index in [0.717, 1.165) is 25.0 Å². The highest BCUT2D eigenvalue weighted by atomic mass is 35.5. The molecular weight excluding hydrogens is 501 g/mol. The molecule has 0 aliphatic carbocycles. The van der Waals surface area contributed by atoms with Crippen LogP contribution < -0.4 is 21.1 Å². The Morgan fingerprint density at radius 1 is 1.22 bits per heavy atom. The van der Waals surface area contributed by atoms with Crippen molar-refractivity contribution < 1.29 is 32.6 Å². The monoisotopic (exact) mass is 528 g/mol. The Kier molecular flexibility index (Phi) is 8.91. The van der Waals surface area contributed by atoms with Crippen molar-refractivity contribution in [3.05, 3.63) is 58.1 Å². The fraction of sp³-hybridized carbons (Fsp3) is 0.417. The van der Waals surface area contributed by atoms with Gasteiger partial charge in [0.05, 0.1) is 35.0 Å². The summed E-state index contributed by atoms with van der Waals surface area (Å²) < 4.78 is 43.8. The summed E-state index contributed by atoms with van der Waals surface area (Å²) in [5, 5.41) is 14.8. The zero-order valence-electron chi connectivity index (χ0n) is 19.6. The van der Waals surface area contributed by atoms with Gasteiger partial charge in [0.1, 0.15) is 5.75 Å². The lowest BCUT2D eigenvalue weighted by atomic mass is 9.95. The number of nitrogens with two attached hydrogens (primary N) is 1. The maximum Gasteiger partial charge on any atom is 0.416 e. The van der Waals surface area contributed by atoms with E-state index in [-0.39, 0.29) is 22.4 Å². The largest absolute Gasteiger partial charge is 0.496 e. The van der Waals surface area contributed by atoms with Gasteiger partial charge in [-0.1, -0.05) is 23.7 Å². The number of piperidine rings is 1. The van der Waals surface area contributed by atoms with Gasteiger partial charge in [0, 0.05) is 19.2 Å². The minimum Gasteiger partial charge on any atom is -0.496 e. The molecule has 3 rings (SSSR count). The number of hydrogen-bond donors (Lipinski definition) is 4. The van der Waals surface area contributed by atoms with E-state index in [9.17, 15) is 27.9 Å². The summed E-state index contributed by atoms with van der Waals surface area (Å²) in [4.78, 5) is 26.0. The smallest absolute Gasteiger partial charge is 0.416 e. The molecule has 1 saturated heterocycles. The number of nitrogens with zero attached hydrogens (tertiary/aromatic N) is 1. The SMILES string of the molecule is COc1cc(N)c(Cl)cc1C(=O)NCC1CCN(CC(NC(=O)O)c2ccc(C(F)(F)F)cc2)CC1. The van der Waals surface area contributed by atoms with E-state index >= 15 is 0 Å². The van der Waals surface area contributed by atoms with Gasteiger partial charge in [-0.05, 0) is 55.6 Å². The third-order valence-corrected chi connectivity index (χ3v) is 6.53. The average molecular weight is 529 g/mol. The molecule has 2 aromatic carbocycles. The molecule has 0 radical (unpaired) electrons. The number of alkyl halides is 3. The van der Waals surface area contributed by atoms with Gasteiger partial charge in [-0.2, -0.15) is 13.2 Å². The number of carbonyl (C=O) groups excluding carboxylic acids is 1. The number of halogens is 4. The van der Waals surface area contributed by atoms with Crippen LogP contribution >= 0.6 is 11.6 Å². The van der Waals surface area contributed by atoms with E-state index in [4.69, 9.17) is 22.1 Å². The average Bonchev–Trinajstić information content (AvgIpc) is 2.83. The maximum atomic E-state index is 12.9. The van der Waals surface area contributed by atoms with Crippen molar-refractivity contribution in [2.45, 2.75) is 25.1 Å². The molecule has 1 heterocycles. The zero-order chi connectivity index (χ0) is 26.5. The number of rotatable bonds is 8. The molecule has 1 fully saturated rings. The van der Waals surface area contributed by atoms with Crippen LogP contribution in [0.5, 0.6) is 5.75 Å². The Hall–Kier alpha value is -3.18. The van der Waals surface area contributed by atoms with Gasteiger partial charge in [-0.15, -0.1) is 0 Å². The predicted molar refractivity (Wildman–Crippen MR) is 129 cm³/mol. The number of ether oxygens (including phenoxy) is 1. The first-order valence-electron chi connectivity index (χ1n) is 11.3. The van der Waals surface area contributed by atoms with Crippen LogP contribution in [0, 0.1) is 5.92 Å². The first kappa shape index (κ1) is 27.4. The summed E-state index contributed by atoms with van der Waals surface area (Å²) in [5.41, 5.74) is 6.02. The van der Waals surface area contributed by atoms with Gasteiger partial charge in [0.15, 0.2) is 0 Å². The van der Waals surface area contributed by atoms with Crippen LogP contribution in [0.2, 0.25) is 5.02 Å². The third-order valence-electron chi connectivity index (χ3n) is 6.20. The summed E-state index contributed by atoms with van der Waals surface area (Å²) in [6, 6.07) is 6.77. The van der Waals surface area contributed by atoms with Crippen LogP contribution in [0.4, 0.5) is 23.7 Å². The van der Waals surface area contributed by atoms with Crippen LogP contribution in [-0.2, 0) is 6.18 Å². The number of carbonyl (C=O) groups is 2. The number of nitrogen functional groups attached to an aromatic ring is 1. The quantitative estimate of drug-likeness (QED) is 0.377. The molecule has 8 nitrogen and oxygen atoms in total. The molecule has 0 bridgehead atoms. The third kappa shape index (κ3) is 7.17. The summed E-state index contributed by atoms with van der Waals surface area (Å²) in [6.45, 7) is 2.05. The molecular formula is C24H28ClF3N4O4. The fourth-order valence-corrected chi connectivity index (χ4v) is 4.33. The number of methoxy groups -OCH3 is 1. The Labute approximate surface area is 211 Å². The van der Waals surface area contributed by atoms with Gasteiger partial charge in [-0.25, -0.2) is 4.79 Å². The van der Waals surface area contributed by atoms with E-state index < -0.39 is 23.9 Å². The molecule has 1 unspecified atom stereocenters. The highest BCUT2D eigenvalue weighted by Gasteiger charge is 2.31. The molecule has 5 N–H and O–H groups in total. The van der Waals surface area contributed by atoms with Crippen LogP contribution in [0.15, 0.2) is 36.4 Å². The molecule has 1 aliphatic heterocycles. The van der Waals surface area contributed by atoms with Gasteiger partial charge in [0.25, 0.3) is 5.91 Å². The lowest BCUT2D eigenvalue weighted by molar-refractivity contribution is -0.137. The number of carboxylic acid groups (broad SMARTS) is 1. The van der Waals surface area contributed by atoms with Crippen LogP contribution in [-0.4, -0.2) is 55.3 Å². The van der Waals surface area contributed by atoms with E-state index in [1.807, 2.05) is 0 Å². The number of hydrogen-bond acceptors (Lipinski definition) is 5. The standard InChI is InChI=1S/C24H28ClF3N4O4/c1-36-21-11-19(29)18(25)10-17(21)22(33)30-12-14-6-8-32(9-7-14)13-20(31-23(34)35)15-2-4-16(5-3-15)24(26,27)28/h2-5,10-11,14,20,31H,6-9,12-13,29H2,1H3,(H,30,33)(H,34,35). The Balaban J connectivity index is 1.54. The maximum absolute atomic E-state index is 12.9. The molecule has 1 aliphatic rings. The molecule has 2 amide bonds. The van der Waals surface area contributed by atoms with Crippen LogP contribution in [0.1, 0.15) is 40.4 Å². The van der Waals surface area contributed by atoms with E-state index in [1.54, 1.807) is 0 Å². The van der Waals surface area contributed by atoms with Crippen molar-refractivity contribution in [3.8, 4) is 5.75 Å². The summed E-state index contributed by atoms with van der Waals surface area (Å²) in [5.74, 6) is 0.200. The topological polar surface area (TPSA) is 117 Å². The van der Waals surface area contributed by atoms with E-state index in [0.29, 0.717) is 43.2 Å². The number of amides is 2. The highest BCUT2D eigenvalue weighted by molar-refractivity contribution is 6.33. The first-order valence-corrected chi connectivity index (χ1v) is 11.7. The molecule has 0 saturated carbocycles. The zero-order valence-corrected chi connectivity index (χ0v) is 20.3. The Morgan fingerprint density at radius 2 is 1.86 bits per heavy atom. The van der Waals surface area contributed by atoms with Crippen molar-refractivity contribution in [1.82, 2.24) is 15.5 Å². The van der Waals surface area contributed by atoms with Gasteiger partial charge >= 0.3 is 12.3 Å². The van der Waals surface area contributed by atoms with E-state index in [1.165, 1.54) is 31.4 Å². The van der Waals surface area contributed by atoms with Crippen molar-refractivity contribution in [3.63, 3.8) is 0 Å². The fourth-order valence-electron chi connectivity index (χ4n) is 4.17. The van der Waals surface area contributed by atoms with Gasteiger partial charge in [0.2, 0.25) is 0 Å². The number of benzene rings is 2. The number of anilines is 1. The van der Waals surface area contributed by atoms with Crippen LogP contribution in [0.25, 0.3) is 0 Å². The lowest BCUT2D eigenvalue weighted by Crippen LogP contribution is -2.43. The molecule has 2 aromatic rings. The molecule has 36 heavy (non-hydrogen) atoms. The lowest BCUT2D eigenvalue weighted by Gasteiger charge is -2.34. The second-order valence-corrected chi connectivity index (χ2v) is 9.06.